The average molecular weight is 554 g/mol. The van der Waals surface area contributed by atoms with Gasteiger partial charge in [0, 0.05) is 31.9 Å². The zero-order chi connectivity index (χ0) is 22.2. The number of nitrogens with zero attached hydrogens (tertiary/aromatic N) is 2. The second kappa shape index (κ2) is 13.0. The third kappa shape index (κ3) is 7.33. The molecule has 2 aromatic carbocycles. The van der Waals surface area contributed by atoms with Crippen molar-refractivity contribution in [3.8, 4) is 0 Å². The lowest BCUT2D eigenvalue weighted by Crippen LogP contribution is -2.38. The summed E-state index contributed by atoms with van der Waals surface area (Å²) >= 11 is 0. The monoisotopic (exact) mass is 554 g/mol. The number of hydrogen-bond donors (Lipinski definition) is 3. The maximum Gasteiger partial charge on any atom is 0.192 e. The number of aliphatic imine (C=N–C) groups is 1. The molecule has 5 nitrogen and oxygen atoms in total. The lowest BCUT2D eigenvalue weighted by Gasteiger charge is -2.32. The fourth-order valence-electron chi connectivity index (χ4n) is 3.84. The van der Waals surface area contributed by atoms with Crippen molar-refractivity contribution < 1.29 is 9.50 Å². The molecule has 3 rings (SSSR count). The Morgan fingerprint density at radius 2 is 1.88 bits per heavy atom. The SMILES string of the molecule is CCNC(=NCc1ccc(N2CCC(CO)CC2)cc1)NC(C)c1ccc(C)c(F)c1.I. The molecule has 1 heterocycles. The zero-order valence-corrected chi connectivity index (χ0v) is 21.6. The molecular weight excluding hydrogens is 518 g/mol. The second-order valence-corrected chi connectivity index (χ2v) is 8.35. The molecule has 0 radical (unpaired) electrons. The van der Waals surface area contributed by atoms with Gasteiger partial charge in [-0.1, -0.05) is 24.3 Å². The highest BCUT2D eigenvalue weighted by atomic mass is 127. The molecule has 176 valence electrons. The first-order valence-corrected chi connectivity index (χ1v) is 11.3. The summed E-state index contributed by atoms with van der Waals surface area (Å²) in [4.78, 5) is 7.09. The van der Waals surface area contributed by atoms with Crippen LogP contribution in [0.1, 0.15) is 49.4 Å². The molecule has 1 fully saturated rings. The van der Waals surface area contributed by atoms with E-state index in [-0.39, 0.29) is 35.8 Å². The quantitative estimate of drug-likeness (QED) is 0.262. The zero-order valence-electron chi connectivity index (χ0n) is 19.3. The van der Waals surface area contributed by atoms with E-state index >= 15 is 0 Å². The van der Waals surface area contributed by atoms with Crippen molar-refractivity contribution in [2.75, 3.05) is 31.1 Å². The van der Waals surface area contributed by atoms with Crippen molar-refractivity contribution >= 4 is 35.6 Å². The Kier molecular flexibility index (Phi) is 10.7. The van der Waals surface area contributed by atoms with Gasteiger partial charge in [0.1, 0.15) is 5.82 Å². The number of aliphatic hydroxyl groups is 1. The highest BCUT2D eigenvalue weighted by Crippen LogP contribution is 2.23. The van der Waals surface area contributed by atoms with Gasteiger partial charge >= 0.3 is 0 Å². The van der Waals surface area contributed by atoms with Crippen LogP contribution in [0.25, 0.3) is 0 Å². The van der Waals surface area contributed by atoms with Gasteiger partial charge in [-0.15, -0.1) is 24.0 Å². The van der Waals surface area contributed by atoms with Crippen LogP contribution in [0.3, 0.4) is 0 Å². The van der Waals surface area contributed by atoms with Gasteiger partial charge in [-0.2, -0.15) is 0 Å². The Bertz CT molecular complexity index is 867. The minimum atomic E-state index is -0.186. The van der Waals surface area contributed by atoms with Gasteiger partial charge in [0.2, 0.25) is 0 Å². The number of piperidine rings is 1. The van der Waals surface area contributed by atoms with E-state index < -0.39 is 0 Å². The number of guanidine groups is 1. The van der Waals surface area contributed by atoms with E-state index in [0.29, 0.717) is 30.6 Å². The molecule has 1 atom stereocenters. The first kappa shape index (κ1) is 26.4. The third-order valence-corrected chi connectivity index (χ3v) is 5.99. The fourth-order valence-corrected chi connectivity index (χ4v) is 3.84. The van der Waals surface area contributed by atoms with E-state index in [0.717, 1.165) is 43.6 Å². The highest BCUT2D eigenvalue weighted by molar-refractivity contribution is 14.0. The van der Waals surface area contributed by atoms with Crippen LogP contribution in [-0.2, 0) is 6.54 Å². The predicted octanol–water partition coefficient (Wildman–Crippen LogP) is 4.78. The average Bonchev–Trinajstić information content (AvgIpc) is 2.80. The lowest BCUT2D eigenvalue weighted by atomic mass is 9.97. The first-order chi connectivity index (χ1) is 15.0. The van der Waals surface area contributed by atoms with Crippen molar-refractivity contribution in [2.24, 2.45) is 10.9 Å². The molecule has 1 saturated heterocycles. The van der Waals surface area contributed by atoms with Crippen LogP contribution in [0.2, 0.25) is 0 Å². The molecule has 1 aliphatic heterocycles. The van der Waals surface area contributed by atoms with Crippen LogP contribution in [0, 0.1) is 18.7 Å². The van der Waals surface area contributed by atoms with E-state index in [1.165, 1.54) is 5.69 Å². The van der Waals surface area contributed by atoms with Gasteiger partial charge in [-0.3, -0.25) is 0 Å². The summed E-state index contributed by atoms with van der Waals surface area (Å²) in [5.41, 5.74) is 3.91. The van der Waals surface area contributed by atoms with Crippen LogP contribution in [-0.4, -0.2) is 37.3 Å². The normalized spacial score (nSPS) is 15.8. The number of anilines is 1. The smallest absolute Gasteiger partial charge is 0.192 e. The molecule has 1 aliphatic rings. The number of benzene rings is 2. The number of aliphatic hydroxyl groups excluding tert-OH is 1. The fraction of sp³-hybridized carbons (Fsp3) is 0.480. The van der Waals surface area contributed by atoms with Crippen molar-refractivity contribution in [2.45, 2.75) is 46.2 Å². The minimum Gasteiger partial charge on any atom is -0.396 e. The standard InChI is InChI=1S/C25H35FN4O.HI/c1-4-27-25(29-19(3)22-8-5-18(2)24(26)15-22)28-16-20-6-9-23(10-7-20)30-13-11-21(17-31)12-14-30;/h5-10,15,19,21,31H,4,11-14,16-17H2,1-3H3,(H2,27,28,29);1H. The highest BCUT2D eigenvalue weighted by Gasteiger charge is 2.18. The Balaban J connectivity index is 0.00000363. The Morgan fingerprint density at radius 3 is 2.47 bits per heavy atom. The number of halogens is 2. The summed E-state index contributed by atoms with van der Waals surface area (Å²) in [5.74, 6) is 0.973. The summed E-state index contributed by atoms with van der Waals surface area (Å²) in [6, 6.07) is 13.8. The van der Waals surface area contributed by atoms with Crippen molar-refractivity contribution in [3.05, 3.63) is 65.0 Å². The molecule has 3 N–H and O–H groups in total. The van der Waals surface area contributed by atoms with Gasteiger partial charge in [-0.25, -0.2) is 9.38 Å². The van der Waals surface area contributed by atoms with Crippen LogP contribution in [0.5, 0.6) is 0 Å². The molecule has 0 aromatic heterocycles. The molecule has 0 aliphatic carbocycles. The molecule has 2 aromatic rings. The van der Waals surface area contributed by atoms with Crippen LogP contribution in [0.4, 0.5) is 10.1 Å². The van der Waals surface area contributed by atoms with Gasteiger partial charge in [-0.05, 0) is 74.4 Å². The molecular formula is C25H36FIN4O. The molecule has 7 heteroatoms. The third-order valence-electron chi connectivity index (χ3n) is 5.99. The van der Waals surface area contributed by atoms with E-state index in [4.69, 9.17) is 4.99 Å². The van der Waals surface area contributed by atoms with E-state index in [1.807, 2.05) is 19.9 Å². The molecule has 0 bridgehead atoms. The van der Waals surface area contributed by atoms with Crippen molar-refractivity contribution in [1.82, 2.24) is 10.6 Å². The second-order valence-electron chi connectivity index (χ2n) is 8.35. The van der Waals surface area contributed by atoms with Crippen LogP contribution in [0.15, 0.2) is 47.5 Å². The summed E-state index contributed by atoms with van der Waals surface area (Å²) in [7, 11) is 0. The van der Waals surface area contributed by atoms with Crippen molar-refractivity contribution in [1.29, 1.82) is 0 Å². The summed E-state index contributed by atoms with van der Waals surface area (Å²) in [6.07, 6.45) is 2.09. The minimum absolute atomic E-state index is 0. The largest absolute Gasteiger partial charge is 0.396 e. The first-order valence-electron chi connectivity index (χ1n) is 11.3. The summed E-state index contributed by atoms with van der Waals surface area (Å²) < 4.78 is 13.9. The summed E-state index contributed by atoms with van der Waals surface area (Å²) in [6.45, 7) is 9.41. The Morgan fingerprint density at radius 1 is 1.19 bits per heavy atom. The number of rotatable bonds is 7. The Hall–Kier alpha value is -1.87. The topological polar surface area (TPSA) is 59.9 Å². The Labute approximate surface area is 208 Å². The van der Waals surface area contributed by atoms with Crippen LogP contribution < -0.4 is 15.5 Å². The molecule has 0 spiro atoms. The van der Waals surface area contributed by atoms with Gasteiger partial charge in [0.15, 0.2) is 5.96 Å². The van der Waals surface area contributed by atoms with Gasteiger partial charge < -0.3 is 20.6 Å². The van der Waals surface area contributed by atoms with E-state index in [2.05, 4.69) is 39.8 Å². The molecule has 0 saturated carbocycles. The number of nitrogens with one attached hydrogen (secondary N) is 2. The van der Waals surface area contributed by atoms with Gasteiger partial charge in [0.25, 0.3) is 0 Å². The number of aryl methyl sites for hydroxylation is 1. The van der Waals surface area contributed by atoms with Crippen LogP contribution >= 0.6 is 24.0 Å². The van der Waals surface area contributed by atoms with E-state index in [9.17, 15) is 9.50 Å². The molecule has 32 heavy (non-hydrogen) atoms. The summed E-state index contributed by atoms with van der Waals surface area (Å²) in [5, 5.41) is 15.9. The maximum absolute atomic E-state index is 13.9. The van der Waals surface area contributed by atoms with Crippen molar-refractivity contribution in [3.63, 3.8) is 0 Å². The molecule has 1 unspecified atom stereocenters. The lowest BCUT2D eigenvalue weighted by molar-refractivity contribution is 0.203. The maximum atomic E-state index is 13.9. The molecule has 0 amide bonds. The predicted molar refractivity (Wildman–Crippen MR) is 141 cm³/mol. The van der Waals surface area contributed by atoms with E-state index in [1.54, 1.807) is 19.1 Å². The van der Waals surface area contributed by atoms with Gasteiger partial charge in [0.05, 0.1) is 12.6 Å². The number of hydrogen-bond acceptors (Lipinski definition) is 3.